The Kier molecular flexibility index (Phi) is 15.9. The summed E-state index contributed by atoms with van der Waals surface area (Å²) in [7, 11) is -9.89. The monoisotopic (exact) mass is 929 g/mol. The first-order chi connectivity index (χ1) is 28.8. The maximum atomic E-state index is 11.0. The Bertz CT molecular complexity index is 2740. The summed E-state index contributed by atoms with van der Waals surface area (Å²) in [6.45, 7) is 0. The first-order valence-electron chi connectivity index (χ1n) is 16.4. The number of rotatable bonds is 3. The molecule has 0 unspecified atom stereocenters. The quantitative estimate of drug-likeness (QED) is 0.0847. The molecule has 0 aliphatic carbocycles. The molecule has 9 aromatic rings. The minimum absolute atomic E-state index is 0. The van der Waals surface area contributed by atoms with Crippen LogP contribution in [0.15, 0.2) is 128 Å². The number of fused-ring (bicyclic) bond motifs is 9. The van der Waals surface area contributed by atoms with Crippen LogP contribution in [0.2, 0.25) is 0 Å². The van der Waals surface area contributed by atoms with Crippen molar-refractivity contribution in [2.45, 2.75) is 0 Å². The van der Waals surface area contributed by atoms with Gasteiger partial charge in [-0.1, -0.05) is 18.2 Å². The van der Waals surface area contributed by atoms with Gasteiger partial charge in [0.15, 0.2) is 0 Å². The van der Waals surface area contributed by atoms with Crippen molar-refractivity contribution in [3.63, 3.8) is 0 Å². The summed E-state index contributed by atoms with van der Waals surface area (Å²) >= 11 is 0. The molecule has 0 saturated heterocycles. The normalized spacial score (nSPS) is 10.8. The number of nitro groups is 3. The van der Waals surface area contributed by atoms with Crippen LogP contribution in [-0.4, -0.2) is 44.7 Å². The zero-order chi connectivity index (χ0) is 44.5. The molecule has 316 valence electrons. The molecule has 62 heavy (non-hydrogen) atoms. The van der Waals surface area contributed by atoms with Crippen LogP contribution in [0.3, 0.4) is 0 Å². The Labute approximate surface area is 359 Å². The number of nitrogens with zero attached hydrogens (tertiary/aromatic N) is 9. The maximum Gasteiger partial charge on any atom is 2.00 e. The summed E-state index contributed by atoms with van der Waals surface area (Å²) in [5, 5.41) is 36.8. The molecule has 0 fully saturated rings. The van der Waals surface area contributed by atoms with Gasteiger partial charge < -0.3 is 0 Å². The summed E-state index contributed by atoms with van der Waals surface area (Å²) < 4.78 is 67.9. The molecule has 0 aliphatic rings. The number of aromatic nitrogens is 6. The minimum atomic E-state index is -4.94. The van der Waals surface area contributed by atoms with Gasteiger partial charge in [0.25, 0.3) is 17.1 Å². The molecule has 26 heteroatoms. The molecule has 9 rings (SSSR count). The average molecular weight is 930 g/mol. The van der Waals surface area contributed by atoms with Crippen molar-refractivity contribution in [1.82, 2.24) is 29.9 Å². The third-order valence-corrected chi connectivity index (χ3v) is 7.91. The largest absolute Gasteiger partial charge is 2.00 e. The second kappa shape index (κ2) is 20.6. The number of nitro benzene ring substituents is 3. The Morgan fingerprint density at radius 1 is 0.355 bits per heavy atom. The van der Waals surface area contributed by atoms with Crippen LogP contribution < -0.4 is 37.3 Å². The van der Waals surface area contributed by atoms with Gasteiger partial charge in [0.2, 0.25) is 0 Å². The molecule has 0 spiro atoms. The van der Waals surface area contributed by atoms with Crippen LogP contribution in [0.1, 0.15) is 0 Å². The zero-order valence-corrected chi connectivity index (χ0v) is 33.1. The molecular formula is C36H21Cl2FeN9O14. The van der Waals surface area contributed by atoms with Gasteiger partial charge in [0.1, 0.15) is 16.6 Å². The Hall–Kier alpha value is -6.90. The molecule has 6 heterocycles. The summed E-state index contributed by atoms with van der Waals surface area (Å²) in [6, 6.07) is 25.4. The van der Waals surface area contributed by atoms with E-state index in [0.29, 0.717) is 49.3 Å². The molecule has 23 nitrogen and oxygen atoms in total. The van der Waals surface area contributed by atoms with Crippen LogP contribution >= 0.6 is 0 Å². The van der Waals surface area contributed by atoms with Gasteiger partial charge in [0.05, 0.1) is 47.5 Å². The van der Waals surface area contributed by atoms with Gasteiger partial charge >= 0.3 is 17.1 Å². The number of halogens is 2. The van der Waals surface area contributed by atoms with E-state index in [1.807, 2.05) is 0 Å². The van der Waals surface area contributed by atoms with E-state index in [1.165, 1.54) is 18.2 Å². The van der Waals surface area contributed by atoms with Crippen molar-refractivity contribution in [2.24, 2.45) is 0 Å². The van der Waals surface area contributed by atoms with Crippen LogP contribution in [0.25, 0.3) is 65.4 Å². The molecule has 0 radical (unpaired) electrons. The Morgan fingerprint density at radius 3 is 0.758 bits per heavy atom. The van der Waals surface area contributed by atoms with E-state index in [4.69, 9.17) is 37.3 Å². The van der Waals surface area contributed by atoms with Crippen molar-refractivity contribution < 1.29 is 89.6 Å². The molecule has 0 aliphatic heterocycles. The first kappa shape index (κ1) is 47.8. The number of non-ortho nitro benzene ring substituents is 3. The average Bonchev–Trinajstić information content (AvgIpc) is 3.22. The van der Waals surface area contributed by atoms with Crippen LogP contribution in [0.4, 0.5) is 17.1 Å². The summed E-state index contributed by atoms with van der Waals surface area (Å²) in [4.78, 5) is 57.1. The van der Waals surface area contributed by atoms with Gasteiger partial charge in [-0.15, -0.1) is 20.5 Å². The smallest absolute Gasteiger partial charge is 0.258 e. The summed E-state index contributed by atoms with van der Waals surface area (Å²) in [5.74, 6) is 0. The fourth-order valence-corrected chi connectivity index (χ4v) is 5.73. The number of pyridine rings is 6. The number of benzene rings is 3. The topological polar surface area (TPSA) is 391 Å². The van der Waals surface area contributed by atoms with E-state index in [-0.39, 0.29) is 34.1 Å². The van der Waals surface area contributed by atoms with Crippen molar-refractivity contribution in [3.8, 4) is 0 Å². The number of hydrogen-bond donors (Lipinski definition) is 0. The Morgan fingerprint density at radius 2 is 0.548 bits per heavy atom. The van der Waals surface area contributed by atoms with Crippen LogP contribution in [-0.2, 0) is 17.1 Å². The molecule has 3 aromatic carbocycles. The van der Waals surface area contributed by atoms with Crippen LogP contribution in [0.5, 0.6) is 0 Å². The van der Waals surface area contributed by atoms with Gasteiger partial charge in [0, 0.05) is 71.5 Å². The van der Waals surface area contributed by atoms with Gasteiger partial charge in [-0.05, 0) is 54.6 Å². The predicted octanol–water partition coefficient (Wildman–Crippen LogP) is -1.44. The third-order valence-electron chi connectivity index (χ3n) is 7.91. The second-order valence-corrected chi connectivity index (χ2v) is 13.2. The van der Waals surface area contributed by atoms with E-state index in [2.05, 4.69) is 29.9 Å². The first-order valence-corrected chi connectivity index (χ1v) is 18.8. The SMILES string of the molecule is O=[N+]([O-])c1cc2cccnc2c2ncccc12.O=[N+]([O-])c1cc2cccnc2c2ncccc12.O=[N+]([O-])c1cc2cccnc2c2ncccc12.[Fe+2].[O-][Cl+3]([O-])([O-])[O-].[O-][Cl+3]([O-])([O-])[O-]. The standard InChI is InChI=1S/3C12H7N3O2.2ClHO4.Fe/c3*16-15(17)10-7-8-3-1-5-13-11(8)12-9(10)4-2-6-14-12;2*2-1(3,4)5;/h3*1-7H;2*(H,2,3,4,5);/q;;;;;+2/p-2. The number of hydrogen-bond acceptors (Lipinski definition) is 20. The van der Waals surface area contributed by atoms with Crippen molar-refractivity contribution in [1.29, 1.82) is 0 Å². The third kappa shape index (κ3) is 12.6. The molecule has 0 N–H and O–H groups in total. The van der Waals surface area contributed by atoms with Gasteiger partial charge in [-0.25, -0.2) is 37.3 Å². The maximum absolute atomic E-state index is 11.0. The van der Waals surface area contributed by atoms with Gasteiger partial charge in [-0.3, -0.25) is 60.2 Å². The molecule has 0 amide bonds. The molecule has 6 aromatic heterocycles. The summed E-state index contributed by atoms with van der Waals surface area (Å²) in [6.07, 6.45) is 9.80. The van der Waals surface area contributed by atoms with E-state index >= 15 is 0 Å². The van der Waals surface area contributed by atoms with E-state index in [0.717, 1.165) is 16.2 Å². The van der Waals surface area contributed by atoms with Crippen molar-refractivity contribution in [3.05, 3.63) is 159 Å². The molecular weight excluding hydrogens is 909 g/mol. The molecule has 0 bridgehead atoms. The minimum Gasteiger partial charge on any atom is -0.258 e. The van der Waals surface area contributed by atoms with Gasteiger partial charge in [-0.2, -0.15) is 0 Å². The van der Waals surface area contributed by atoms with E-state index in [9.17, 15) is 30.3 Å². The molecule has 0 saturated carbocycles. The summed E-state index contributed by atoms with van der Waals surface area (Å²) in [5.41, 5.74) is 3.96. The second-order valence-electron chi connectivity index (χ2n) is 11.6. The van der Waals surface area contributed by atoms with Crippen LogP contribution in [0, 0.1) is 50.8 Å². The molecule has 0 atom stereocenters. The Balaban J connectivity index is 0.000000183. The van der Waals surface area contributed by atoms with Crippen molar-refractivity contribution in [2.75, 3.05) is 0 Å². The van der Waals surface area contributed by atoms with Crippen molar-refractivity contribution >= 4 is 82.5 Å². The van der Waals surface area contributed by atoms with E-state index < -0.39 is 35.3 Å². The zero-order valence-electron chi connectivity index (χ0n) is 30.5. The fourth-order valence-electron chi connectivity index (χ4n) is 5.73. The fraction of sp³-hybridized carbons (Fsp3) is 0. The predicted molar refractivity (Wildman–Crippen MR) is 191 cm³/mol. The van der Waals surface area contributed by atoms with E-state index in [1.54, 1.807) is 110 Å².